The first-order valence-electron chi connectivity index (χ1n) is 10.6. The molecule has 1 aromatic carbocycles. The molecule has 0 saturated carbocycles. The highest BCUT2D eigenvalue weighted by Gasteiger charge is 2.28. The molecule has 166 valence electrons. The minimum absolute atomic E-state index is 0.0304. The lowest BCUT2D eigenvalue weighted by atomic mass is 10.0. The number of carbonyl (C=O) groups excluding carboxylic acids is 3. The number of anilines is 1. The van der Waals surface area contributed by atoms with Gasteiger partial charge in [-0.2, -0.15) is 0 Å². The first-order chi connectivity index (χ1) is 14.8. The minimum atomic E-state index is -0.196. The number of aromatic amines is 1. The zero-order chi connectivity index (χ0) is 22.5. The highest BCUT2D eigenvalue weighted by atomic mass is 35.5. The van der Waals surface area contributed by atoms with Gasteiger partial charge < -0.3 is 20.1 Å². The summed E-state index contributed by atoms with van der Waals surface area (Å²) >= 11 is 5.89. The van der Waals surface area contributed by atoms with E-state index in [-0.39, 0.29) is 17.7 Å². The summed E-state index contributed by atoms with van der Waals surface area (Å²) in [6, 6.07) is 6.76. The summed E-state index contributed by atoms with van der Waals surface area (Å²) in [6.45, 7) is 7.39. The Morgan fingerprint density at radius 2 is 1.71 bits per heavy atom. The third-order valence-electron chi connectivity index (χ3n) is 5.52. The van der Waals surface area contributed by atoms with Gasteiger partial charge >= 0.3 is 6.03 Å². The Morgan fingerprint density at radius 1 is 1.06 bits per heavy atom. The SMILES string of the molecule is CCCc1c(C(=O)N2CCCN(C(=O)Nc3ccc(Cl)cc3)CC2)[nH]c(C)c1C(C)=O. The van der Waals surface area contributed by atoms with Crippen molar-refractivity contribution in [3.8, 4) is 0 Å². The van der Waals surface area contributed by atoms with Crippen LogP contribution in [0.3, 0.4) is 0 Å². The minimum Gasteiger partial charge on any atom is -0.354 e. The molecule has 7 nitrogen and oxygen atoms in total. The number of H-pyrrole nitrogens is 1. The number of amides is 3. The zero-order valence-corrected chi connectivity index (χ0v) is 19.0. The highest BCUT2D eigenvalue weighted by molar-refractivity contribution is 6.30. The number of hydrogen-bond acceptors (Lipinski definition) is 3. The van der Waals surface area contributed by atoms with Crippen molar-refractivity contribution in [3.05, 3.63) is 51.8 Å². The summed E-state index contributed by atoms with van der Waals surface area (Å²) in [6.07, 6.45) is 2.20. The first kappa shape index (κ1) is 22.9. The molecule has 1 aromatic heterocycles. The molecule has 3 rings (SSSR count). The molecule has 3 amide bonds. The Labute approximate surface area is 187 Å². The smallest absolute Gasteiger partial charge is 0.321 e. The standard InChI is InChI=1S/C23H29ClN4O3/c1-4-6-19-20(16(3)29)15(2)25-21(19)22(30)27-11-5-12-28(14-13-27)23(31)26-18-9-7-17(24)8-10-18/h7-10,25H,4-6,11-14H2,1-3H3,(H,26,31). The van der Waals surface area contributed by atoms with E-state index < -0.39 is 0 Å². The number of aryl methyl sites for hydroxylation is 1. The number of hydrogen-bond donors (Lipinski definition) is 2. The molecule has 2 aromatic rings. The number of aromatic nitrogens is 1. The lowest BCUT2D eigenvalue weighted by Gasteiger charge is -2.22. The molecule has 0 radical (unpaired) electrons. The van der Waals surface area contributed by atoms with Crippen LogP contribution in [0.2, 0.25) is 5.02 Å². The third-order valence-corrected chi connectivity index (χ3v) is 5.77. The maximum Gasteiger partial charge on any atom is 0.321 e. The average molecular weight is 445 g/mol. The van der Waals surface area contributed by atoms with E-state index >= 15 is 0 Å². The van der Waals surface area contributed by atoms with Crippen molar-refractivity contribution in [1.82, 2.24) is 14.8 Å². The fourth-order valence-electron chi connectivity index (χ4n) is 4.05. The summed E-state index contributed by atoms with van der Waals surface area (Å²) in [5, 5.41) is 3.48. The van der Waals surface area contributed by atoms with Gasteiger partial charge in [0.25, 0.3) is 5.91 Å². The number of nitrogens with zero attached hydrogens (tertiary/aromatic N) is 2. The van der Waals surface area contributed by atoms with Gasteiger partial charge in [-0.15, -0.1) is 0 Å². The fourth-order valence-corrected chi connectivity index (χ4v) is 4.18. The topological polar surface area (TPSA) is 85.5 Å². The molecule has 1 aliphatic rings. The monoisotopic (exact) mass is 444 g/mol. The van der Waals surface area contributed by atoms with Crippen LogP contribution in [0.4, 0.5) is 10.5 Å². The van der Waals surface area contributed by atoms with Crippen molar-refractivity contribution in [2.24, 2.45) is 0 Å². The van der Waals surface area contributed by atoms with E-state index in [9.17, 15) is 14.4 Å². The number of carbonyl (C=O) groups is 3. The van der Waals surface area contributed by atoms with Gasteiger partial charge in [0.2, 0.25) is 0 Å². The van der Waals surface area contributed by atoms with E-state index in [0.717, 1.165) is 17.7 Å². The third kappa shape index (κ3) is 5.28. The molecule has 2 heterocycles. The molecular formula is C23H29ClN4O3. The number of ketones is 1. The van der Waals surface area contributed by atoms with Crippen molar-refractivity contribution in [1.29, 1.82) is 0 Å². The lowest BCUT2D eigenvalue weighted by molar-refractivity contribution is 0.0756. The second-order valence-electron chi connectivity index (χ2n) is 7.85. The Hall–Kier alpha value is -2.80. The van der Waals surface area contributed by atoms with Crippen LogP contribution in [0.25, 0.3) is 0 Å². The number of nitrogens with one attached hydrogen (secondary N) is 2. The zero-order valence-electron chi connectivity index (χ0n) is 18.3. The van der Waals surface area contributed by atoms with E-state index in [1.165, 1.54) is 6.92 Å². The van der Waals surface area contributed by atoms with Crippen molar-refractivity contribution < 1.29 is 14.4 Å². The number of urea groups is 1. The molecule has 0 bridgehead atoms. The molecule has 0 spiro atoms. The average Bonchev–Trinajstić information content (AvgIpc) is 2.90. The van der Waals surface area contributed by atoms with Crippen LogP contribution in [-0.4, -0.2) is 58.7 Å². The van der Waals surface area contributed by atoms with E-state index in [0.29, 0.717) is 61.0 Å². The Bertz CT molecular complexity index is 968. The van der Waals surface area contributed by atoms with Crippen molar-refractivity contribution in [2.75, 3.05) is 31.5 Å². The van der Waals surface area contributed by atoms with E-state index in [4.69, 9.17) is 11.6 Å². The second-order valence-corrected chi connectivity index (χ2v) is 8.29. The summed E-state index contributed by atoms with van der Waals surface area (Å²) < 4.78 is 0. The van der Waals surface area contributed by atoms with Crippen molar-refractivity contribution in [2.45, 2.75) is 40.0 Å². The Morgan fingerprint density at radius 3 is 2.35 bits per heavy atom. The molecule has 0 atom stereocenters. The largest absolute Gasteiger partial charge is 0.354 e. The molecular weight excluding hydrogens is 416 g/mol. The van der Waals surface area contributed by atoms with Gasteiger partial charge in [0.05, 0.1) is 0 Å². The van der Waals surface area contributed by atoms with Gasteiger partial charge in [0, 0.05) is 48.1 Å². The van der Waals surface area contributed by atoms with Crippen LogP contribution < -0.4 is 5.32 Å². The first-order valence-corrected chi connectivity index (χ1v) is 11.0. The van der Waals surface area contributed by atoms with Crippen molar-refractivity contribution >= 4 is 35.0 Å². The predicted octanol–water partition coefficient (Wildman–Crippen LogP) is 4.51. The van der Waals surface area contributed by atoms with Gasteiger partial charge in [-0.3, -0.25) is 9.59 Å². The van der Waals surface area contributed by atoms with E-state index in [1.807, 2.05) is 13.8 Å². The van der Waals surface area contributed by atoms with Crippen molar-refractivity contribution in [3.63, 3.8) is 0 Å². The number of benzene rings is 1. The normalized spacial score (nSPS) is 14.3. The van der Waals surface area contributed by atoms with E-state index in [1.54, 1.807) is 34.1 Å². The van der Waals surface area contributed by atoms with Gasteiger partial charge in [0.15, 0.2) is 5.78 Å². The lowest BCUT2D eigenvalue weighted by Crippen LogP contribution is -2.39. The molecule has 2 N–H and O–H groups in total. The molecule has 1 aliphatic heterocycles. The number of halogens is 1. The Kier molecular flexibility index (Phi) is 7.38. The van der Waals surface area contributed by atoms with Gasteiger partial charge in [0.1, 0.15) is 5.69 Å². The Balaban J connectivity index is 1.70. The predicted molar refractivity (Wildman–Crippen MR) is 122 cm³/mol. The van der Waals surface area contributed by atoms with Crippen LogP contribution in [0.15, 0.2) is 24.3 Å². The van der Waals surface area contributed by atoms with Gasteiger partial charge in [-0.25, -0.2) is 4.79 Å². The van der Waals surface area contributed by atoms with Crippen LogP contribution in [0.5, 0.6) is 0 Å². The second kappa shape index (κ2) is 10.0. The molecule has 0 unspecified atom stereocenters. The summed E-state index contributed by atoms with van der Waals surface area (Å²) in [5.74, 6) is -0.142. The molecule has 1 fully saturated rings. The van der Waals surface area contributed by atoms with Crippen LogP contribution >= 0.6 is 11.6 Å². The maximum atomic E-state index is 13.3. The molecule has 1 saturated heterocycles. The number of Topliss-reactive ketones (excluding diaryl/α,β-unsaturated/α-hetero) is 1. The maximum absolute atomic E-state index is 13.3. The summed E-state index contributed by atoms with van der Waals surface area (Å²) in [5.41, 5.74) is 3.35. The van der Waals surface area contributed by atoms with Gasteiger partial charge in [-0.1, -0.05) is 24.9 Å². The molecule has 0 aliphatic carbocycles. The highest BCUT2D eigenvalue weighted by Crippen LogP contribution is 2.23. The quantitative estimate of drug-likeness (QED) is 0.665. The summed E-state index contributed by atoms with van der Waals surface area (Å²) in [7, 11) is 0. The van der Waals surface area contributed by atoms with E-state index in [2.05, 4.69) is 10.3 Å². The molecule has 31 heavy (non-hydrogen) atoms. The number of rotatable bonds is 5. The fraction of sp³-hybridized carbons (Fsp3) is 0.435. The van der Waals surface area contributed by atoms with Crippen LogP contribution in [0.1, 0.15) is 58.8 Å². The summed E-state index contributed by atoms with van der Waals surface area (Å²) in [4.78, 5) is 44.7. The molecule has 8 heteroatoms. The van der Waals surface area contributed by atoms with Crippen LogP contribution in [-0.2, 0) is 6.42 Å². The van der Waals surface area contributed by atoms with Crippen LogP contribution in [0, 0.1) is 6.92 Å². The van der Waals surface area contributed by atoms with Gasteiger partial charge in [-0.05, 0) is 56.5 Å².